The van der Waals surface area contributed by atoms with E-state index in [1.807, 2.05) is 6.07 Å². The van der Waals surface area contributed by atoms with E-state index in [9.17, 15) is 4.79 Å². The molecule has 1 saturated heterocycles. The van der Waals surface area contributed by atoms with Crippen molar-refractivity contribution in [1.82, 2.24) is 20.3 Å². The van der Waals surface area contributed by atoms with E-state index in [-0.39, 0.29) is 5.56 Å². The van der Waals surface area contributed by atoms with Crippen molar-refractivity contribution >= 4 is 22.2 Å². The largest absolute Gasteiger partial charge is 0.367 e. The second-order valence-electron chi connectivity index (χ2n) is 5.16. The lowest BCUT2D eigenvalue weighted by molar-refractivity contribution is 0.422. The first kappa shape index (κ1) is 13.9. The number of rotatable bonds is 3. The van der Waals surface area contributed by atoms with E-state index in [2.05, 4.69) is 30.1 Å². The second-order valence-corrected chi connectivity index (χ2v) is 6.12. The van der Waals surface area contributed by atoms with Gasteiger partial charge in [-0.2, -0.15) is 0 Å². The molecule has 0 spiro atoms. The summed E-state index contributed by atoms with van der Waals surface area (Å²) in [5, 5.41) is 14.0. The summed E-state index contributed by atoms with van der Waals surface area (Å²) in [6, 6.07) is 5.18. The predicted octanol–water partition coefficient (Wildman–Crippen LogP) is 1.21. The molecular formula is C14H14N6O2S. The van der Waals surface area contributed by atoms with Gasteiger partial charge in [-0.05, 0) is 6.07 Å². The SMILES string of the molecule is O=c1ccc(N2CCN(c3nnc(-c4ccon4)s3)CC2)c[nH]1. The first-order chi connectivity index (χ1) is 11.3. The van der Waals surface area contributed by atoms with Gasteiger partial charge in [0.2, 0.25) is 10.7 Å². The van der Waals surface area contributed by atoms with E-state index >= 15 is 0 Å². The summed E-state index contributed by atoms with van der Waals surface area (Å²) >= 11 is 1.51. The molecule has 0 unspecified atom stereocenters. The fourth-order valence-corrected chi connectivity index (χ4v) is 3.38. The molecule has 0 amide bonds. The van der Waals surface area contributed by atoms with E-state index < -0.39 is 0 Å². The quantitative estimate of drug-likeness (QED) is 0.771. The van der Waals surface area contributed by atoms with Crippen LogP contribution in [0.5, 0.6) is 0 Å². The third-order valence-electron chi connectivity index (χ3n) is 3.75. The molecule has 0 radical (unpaired) electrons. The second kappa shape index (κ2) is 5.84. The van der Waals surface area contributed by atoms with Crippen LogP contribution in [-0.4, -0.2) is 46.5 Å². The molecular weight excluding hydrogens is 316 g/mol. The predicted molar refractivity (Wildman–Crippen MR) is 86.9 cm³/mol. The first-order valence-electron chi connectivity index (χ1n) is 7.22. The Kier molecular flexibility index (Phi) is 3.54. The average molecular weight is 330 g/mol. The topological polar surface area (TPSA) is 91.2 Å². The van der Waals surface area contributed by atoms with E-state index in [0.29, 0.717) is 5.69 Å². The van der Waals surface area contributed by atoms with Gasteiger partial charge in [-0.15, -0.1) is 10.2 Å². The van der Waals surface area contributed by atoms with Crippen LogP contribution in [0.1, 0.15) is 0 Å². The lowest BCUT2D eigenvalue weighted by Gasteiger charge is -2.35. The highest BCUT2D eigenvalue weighted by Crippen LogP contribution is 2.28. The highest BCUT2D eigenvalue weighted by atomic mass is 32.1. The lowest BCUT2D eigenvalue weighted by atomic mass is 10.3. The van der Waals surface area contributed by atoms with Crippen molar-refractivity contribution in [2.24, 2.45) is 0 Å². The number of aromatic nitrogens is 4. The molecule has 1 fully saturated rings. The van der Waals surface area contributed by atoms with E-state index in [1.165, 1.54) is 17.6 Å². The number of aromatic amines is 1. The highest BCUT2D eigenvalue weighted by Gasteiger charge is 2.21. The van der Waals surface area contributed by atoms with Gasteiger partial charge in [0.25, 0.3) is 0 Å². The molecule has 23 heavy (non-hydrogen) atoms. The Hall–Kier alpha value is -2.68. The number of hydrogen-bond acceptors (Lipinski definition) is 8. The Bertz CT molecular complexity index is 815. The Labute approximate surface area is 135 Å². The minimum Gasteiger partial charge on any atom is -0.367 e. The third-order valence-corrected chi connectivity index (χ3v) is 4.76. The summed E-state index contributed by atoms with van der Waals surface area (Å²) in [4.78, 5) is 18.3. The van der Waals surface area contributed by atoms with E-state index in [4.69, 9.17) is 4.52 Å². The van der Waals surface area contributed by atoms with E-state index in [1.54, 1.807) is 18.3 Å². The maximum Gasteiger partial charge on any atom is 0.248 e. The number of nitrogens with zero attached hydrogens (tertiary/aromatic N) is 5. The van der Waals surface area contributed by atoms with Crippen molar-refractivity contribution in [3.8, 4) is 10.7 Å². The van der Waals surface area contributed by atoms with Crippen LogP contribution in [0.15, 0.2) is 40.0 Å². The Morgan fingerprint density at radius 2 is 1.91 bits per heavy atom. The molecule has 118 valence electrons. The van der Waals surface area contributed by atoms with Crippen LogP contribution in [0.4, 0.5) is 10.8 Å². The van der Waals surface area contributed by atoms with Crippen molar-refractivity contribution in [3.05, 3.63) is 41.0 Å². The number of H-pyrrole nitrogens is 1. The minimum atomic E-state index is -0.0818. The van der Waals surface area contributed by atoms with Crippen LogP contribution in [0.25, 0.3) is 10.7 Å². The molecule has 9 heteroatoms. The van der Waals surface area contributed by atoms with Crippen molar-refractivity contribution in [3.63, 3.8) is 0 Å². The number of anilines is 2. The summed E-state index contributed by atoms with van der Waals surface area (Å²) in [6.07, 6.45) is 3.28. The molecule has 4 rings (SSSR count). The maximum absolute atomic E-state index is 11.1. The van der Waals surface area contributed by atoms with Gasteiger partial charge in [0.05, 0.1) is 5.69 Å². The summed E-state index contributed by atoms with van der Waals surface area (Å²) < 4.78 is 4.84. The number of piperazine rings is 1. The van der Waals surface area contributed by atoms with Gasteiger partial charge in [0.15, 0.2) is 5.01 Å². The van der Waals surface area contributed by atoms with Crippen molar-refractivity contribution in [2.75, 3.05) is 36.0 Å². The zero-order valence-electron chi connectivity index (χ0n) is 12.2. The molecule has 0 saturated carbocycles. The van der Waals surface area contributed by atoms with Gasteiger partial charge in [0.1, 0.15) is 12.0 Å². The van der Waals surface area contributed by atoms with Gasteiger partial charge in [0, 0.05) is 44.5 Å². The molecule has 4 heterocycles. The Balaban J connectivity index is 1.43. The molecule has 0 aromatic carbocycles. The maximum atomic E-state index is 11.1. The fraction of sp³-hybridized carbons (Fsp3) is 0.286. The third kappa shape index (κ3) is 2.82. The van der Waals surface area contributed by atoms with Gasteiger partial charge >= 0.3 is 0 Å². The molecule has 0 atom stereocenters. The van der Waals surface area contributed by atoms with Gasteiger partial charge < -0.3 is 19.3 Å². The molecule has 0 bridgehead atoms. The normalized spacial score (nSPS) is 15.1. The molecule has 1 aliphatic rings. The van der Waals surface area contributed by atoms with Crippen LogP contribution in [0.2, 0.25) is 0 Å². The lowest BCUT2D eigenvalue weighted by Crippen LogP contribution is -2.46. The van der Waals surface area contributed by atoms with Crippen molar-refractivity contribution in [2.45, 2.75) is 0 Å². The first-order valence-corrected chi connectivity index (χ1v) is 8.04. The highest BCUT2D eigenvalue weighted by molar-refractivity contribution is 7.18. The molecule has 1 aliphatic heterocycles. The summed E-state index contributed by atoms with van der Waals surface area (Å²) in [5.41, 5.74) is 1.66. The number of hydrogen-bond donors (Lipinski definition) is 1. The molecule has 8 nitrogen and oxygen atoms in total. The fourth-order valence-electron chi connectivity index (χ4n) is 2.52. The van der Waals surface area contributed by atoms with Crippen LogP contribution in [0, 0.1) is 0 Å². The van der Waals surface area contributed by atoms with Crippen LogP contribution < -0.4 is 15.4 Å². The monoisotopic (exact) mass is 330 g/mol. The zero-order chi connectivity index (χ0) is 15.6. The standard InChI is InChI=1S/C14H14N6O2S/c21-12-2-1-10(9-15-12)19-4-6-20(7-5-19)14-17-16-13(23-14)11-3-8-22-18-11/h1-3,8-9H,4-7H2,(H,15,21). The average Bonchev–Trinajstić information content (AvgIpc) is 3.27. The molecule has 3 aromatic heterocycles. The van der Waals surface area contributed by atoms with Crippen LogP contribution in [0.3, 0.4) is 0 Å². The molecule has 1 N–H and O–H groups in total. The van der Waals surface area contributed by atoms with Crippen LogP contribution >= 0.6 is 11.3 Å². The number of nitrogens with one attached hydrogen (secondary N) is 1. The van der Waals surface area contributed by atoms with E-state index in [0.717, 1.165) is 42.0 Å². The van der Waals surface area contributed by atoms with Crippen molar-refractivity contribution < 1.29 is 4.52 Å². The summed E-state index contributed by atoms with van der Waals surface area (Å²) in [7, 11) is 0. The summed E-state index contributed by atoms with van der Waals surface area (Å²) in [5.74, 6) is 0. The number of pyridine rings is 1. The van der Waals surface area contributed by atoms with Gasteiger partial charge in [-0.1, -0.05) is 16.5 Å². The van der Waals surface area contributed by atoms with Gasteiger partial charge in [-0.25, -0.2) is 0 Å². The summed E-state index contributed by atoms with van der Waals surface area (Å²) in [6.45, 7) is 3.44. The van der Waals surface area contributed by atoms with Gasteiger partial charge in [-0.3, -0.25) is 4.79 Å². The Morgan fingerprint density at radius 1 is 1.09 bits per heavy atom. The molecule has 0 aliphatic carbocycles. The smallest absolute Gasteiger partial charge is 0.248 e. The van der Waals surface area contributed by atoms with Crippen LogP contribution in [-0.2, 0) is 0 Å². The van der Waals surface area contributed by atoms with Crippen molar-refractivity contribution in [1.29, 1.82) is 0 Å². The minimum absolute atomic E-state index is 0.0818. The Morgan fingerprint density at radius 3 is 2.61 bits per heavy atom. The molecule has 3 aromatic rings. The zero-order valence-corrected chi connectivity index (χ0v) is 13.0.